The number of nitro groups is 1. The average Bonchev–Trinajstić information content (AvgIpc) is 3.12. The predicted octanol–water partition coefficient (Wildman–Crippen LogP) is 2.90. The van der Waals surface area contributed by atoms with Gasteiger partial charge in [-0.05, 0) is 47.0 Å². The third-order valence-electron chi connectivity index (χ3n) is 4.00. The van der Waals surface area contributed by atoms with Crippen LogP contribution in [0.15, 0.2) is 39.7 Å². The molecule has 0 aliphatic carbocycles. The van der Waals surface area contributed by atoms with Gasteiger partial charge >= 0.3 is 0 Å². The van der Waals surface area contributed by atoms with Gasteiger partial charge in [-0.2, -0.15) is 0 Å². The number of benzene rings is 1. The Morgan fingerprint density at radius 1 is 1.28 bits per heavy atom. The Hall–Kier alpha value is -2.68. The molecule has 0 bridgehead atoms. The minimum absolute atomic E-state index is 0.0608. The van der Waals surface area contributed by atoms with Crippen LogP contribution in [0.25, 0.3) is 0 Å². The fourth-order valence-electron chi connectivity index (χ4n) is 2.78. The Morgan fingerprint density at radius 2 is 2.00 bits per heavy atom. The van der Waals surface area contributed by atoms with Crippen molar-refractivity contribution in [1.29, 1.82) is 0 Å². The molecule has 1 aliphatic rings. The monoisotopic (exact) mass is 406 g/mol. The van der Waals surface area contributed by atoms with Crippen LogP contribution >= 0.6 is 15.9 Å². The number of H-pyrrole nitrogens is 1. The maximum Gasteiger partial charge on any atom is 0.293 e. The van der Waals surface area contributed by atoms with Crippen LogP contribution in [0.1, 0.15) is 23.2 Å². The Kier molecular flexibility index (Phi) is 4.84. The Labute approximate surface area is 151 Å². The number of halogens is 1. The van der Waals surface area contributed by atoms with Crippen LogP contribution in [-0.2, 0) is 0 Å². The first-order chi connectivity index (χ1) is 12.0. The molecule has 0 saturated carbocycles. The highest BCUT2D eigenvalue weighted by molar-refractivity contribution is 9.10. The summed E-state index contributed by atoms with van der Waals surface area (Å²) >= 11 is 3.20. The lowest BCUT2D eigenvalue weighted by molar-refractivity contribution is -0.384. The molecule has 2 aromatic rings. The molecule has 0 radical (unpaired) electrons. The number of rotatable bonds is 4. The topological polar surface area (TPSA) is 108 Å². The van der Waals surface area contributed by atoms with Crippen molar-refractivity contribution in [1.82, 2.24) is 4.98 Å². The number of hydrogen-bond acceptors (Lipinski definition) is 5. The van der Waals surface area contributed by atoms with Gasteiger partial charge in [0.05, 0.1) is 4.92 Å². The zero-order valence-corrected chi connectivity index (χ0v) is 14.7. The molecular formula is C16H15BrN4O4. The summed E-state index contributed by atoms with van der Waals surface area (Å²) in [6.07, 6.45) is 3.43. The van der Waals surface area contributed by atoms with Gasteiger partial charge in [-0.15, -0.1) is 0 Å². The first-order valence-electron chi connectivity index (χ1n) is 7.68. The minimum Gasteiger partial charge on any atom is -0.366 e. The maximum absolute atomic E-state index is 12.4. The molecular weight excluding hydrogens is 392 g/mol. The molecule has 25 heavy (non-hydrogen) atoms. The van der Waals surface area contributed by atoms with Crippen molar-refractivity contribution >= 4 is 38.9 Å². The van der Waals surface area contributed by atoms with E-state index in [9.17, 15) is 19.7 Å². The third-order valence-corrected chi connectivity index (χ3v) is 4.46. The van der Waals surface area contributed by atoms with Crippen LogP contribution in [0.2, 0.25) is 0 Å². The second-order valence-corrected chi connectivity index (χ2v) is 6.59. The number of amides is 1. The molecule has 1 aromatic carbocycles. The number of nitrogens with zero attached hydrogens (tertiary/aromatic N) is 2. The summed E-state index contributed by atoms with van der Waals surface area (Å²) < 4.78 is 0.595. The molecule has 2 N–H and O–H groups in total. The van der Waals surface area contributed by atoms with Crippen LogP contribution < -0.4 is 15.8 Å². The fourth-order valence-corrected chi connectivity index (χ4v) is 3.12. The SMILES string of the molecule is O=C(Nc1cc(Br)c[nH]c1=O)c1ccc(N2CCCC2)c([N+](=O)[O-])c1. The fraction of sp³-hybridized carbons (Fsp3) is 0.250. The van der Waals surface area contributed by atoms with Crippen molar-refractivity contribution in [2.45, 2.75) is 12.8 Å². The largest absolute Gasteiger partial charge is 0.366 e. The van der Waals surface area contributed by atoms with E-state index < -0.39 is 16.4 Å². The minimum atomic E-state index is -0.584. The van der Waals surface area contributed by atoms with E-state index in [0.717, 1.165) is 25.9 Å². The second-order valence-electron chi connectivity index (χ2n) is 5.67. The standard InChI is InChI=1S/C16H15BrN4O4/c17-11-8-12(16(23)18-9-11)19-15(22)10-3-4-13(14(7-10)21(24)25)20-5-1-2-6-20/h3-4,7-9H,1-2,5-6H2,(H,18,23)(H,19,22). The second kappa shape index (κ2) is 7.06. The van der Waals surface area contributed by atoms with Crippen molar-refractivity contribution in [3.8, 4) is 0 Å². The molecule has 1 saturated heterocycles. The highest BCUT2D eigenvalue weighted by atomic mass is 79.9. The molecule has 1 aromatic heterocycles. The van der Waals surface area contributed by atoms with E-state index in [1.807, 2.05) is 4.90 Å². The summed E-state index contributed by atoms with van der Waals surface area (Å²) in [6, 6.07) is 5.82. The number of nitro benzene ring substituents is 1. The zero-order valence-electron chi connectivity index (χ0n) is 13.1. The van der Waals surface area contributed by atoms with Crippen LogP contribution in [0.4, 0.5) is 17.1 Å². The first kappa shape index (κ1) is 17.2. The van der Waals surface area contributed by atoms with Crippen molar-refractivity contribution in [3.05, 3.63) is 61.0 Å². The molecule has 1 amide bonds. The van der Waals surface area contributed by atoms with Crippen molar-refractivity contribution in [2.24, 2.45) is 0 Å². The van der Waals surface area contributed by atoms with Crippen molar-refractivity contribution in [2.75, 3.05) is 23.3 Å². The van der Waals surface area contributed by atoms with Gasteiger partial charge in [-0.1, -0.05) is 0 Å². The summed E-state index contributed by atoms with van der Waals surface area (Å²) in [7, 11) is 0. The number of nitrogens with one attached hydrogen (secondary N) is 2. The summed E-state index contributed by atoms with van der Waals surface area (Å²) in [6.45, 7) is 1.53. The van der Waals surface area contributed by atoms with Gasteiger partial charge in [0, 0.05) is 35.4 Å². The van der Waals surface area contributed by atoms with Gasteiger partial charge in [0.15, 0.2) is 0 Å². The normalized spacial score (nSPS) is 13.7. The van der Waals surface area contributed by atoms with E-state index in [1.165, 1.54) is 24.4 Å². The number of anilines is 2. The van der Waals surface area contributed by atoms with Crippen molar-refractivity contribution < 1.29 is 9.72 Å². The lowest BCUT2D eigenvalue weighted by Gasteiger charge is -2.17. The molecule has 0 spiro atoms. The highest BCUT2D eigenvalue weighted by Crippen LogP contribution is 2.31. The number of carbonyl (C=O) groups excluding carboxylic acids is 1. The zero-order chi connectivity index (χ0) is 18.0. The van der Waals surface area contributed by atoms with Gasteiger partial charge < -0.3 is 15.2 Å². The van der Waals surface area contributed by atoms with Gasteiger partial charge in [0.25, 0.3) is 17.2 Å². The van der Waals surface area contributed by atoms with Gasteiger partial charge in [0.1, 0.15) is 11.4 Å². The van der Waals surface area contributed by atoms with Crippen LogP contribution in [0.5, 0.6) is 0 Å². The molecule has 1 fully saturated rings. The summed E-state index contributed by atoms with van der Waals surface area (Å²) in [4.78, 5) is 39.4. The van der Waals surface area contributed by atoms with Crippen LogP contribution in [0, 0.1) is 10.1 Å². The molecule has 130 valence electrons. The highest BCUT2D eigenvalue weighted by Gasteiger charge is 2.24. The number of carbonyl (C=O) groups is 1. The number of aromatic nitrogens is 1. The Morgan fingerprint density at radius 3 is 2.68 bits per heavy atom. The molecule has 1 aliphatic heterocycles. The van der Waals surface area contributed by atoms with Gasteiger partial charge in [-0.25, -0.2) is 0 Å². The molecule has 3 rings (SSSR count). The molecule has 9 heteroatoms. The number of hydrogen-bond donors (Lipinski definition) is 2. The lowest BCUT2D eigenvalue weighted by Crippen LogP contribution is -2.21. The molecule has 0 atom stereocenters. The van der Waals surface area contributed by atoms with E-state index in [4.69, 9.17) is 0 Å². The van der Waals surface area contributed by atoms with Gasteiger partial charge in [-0.3, -0.25) is 19.7 Å². The van der Waals surface area contributed by atoms with E-state index >= 15 is 0 Å². The average molecular weight is 407 g/mol. The van der Waals surface area contributed by atoms with E-state index in [1.54, 1.807) is 6.07 Å². The molecule has 8 nitrogen and oxygen atoms in total. The van der Waals surface area contributed by atoms with Crippen LogP contribution in [-0.4, -0.2) is 28.9 Å². The Balaban J connectivity index is 1.90. The lowest BCUT2D eigenvalue weighted by atomic mass is 10.1. The van der Waals surface area contributed by atoms with Crippen molar-refractivity contribution in [3.63, 3.8) is 0 Å². The first-order valence-corrected chi connectivity index (χ1v) is 8.48. The van der Waals surface area contributed by atoms with Gasteiger partial charge in [0.2, 0.25) is 0 Å². The quantitative estimate of drug-likeness (QED) is 0.599. The van der Waals surface area contributed by atoms with E-state index in [-0.39, 0.29) is 16.9 Å². The Bertz CT molecular complexity index is 890. The number of aromatic amines is 1. The summed E-state index contributed by atoms with van der Waals surface area (Å²) in [5.41, 5.74) is 0.122. The number of pyridine rings is 1. The molecule has 2 heterocycles. The van der Waals surface area contributed by atoms with Crippen LogP contribution in [0.3, 0.4) is 0 Å². The van der Waals surface area contributed by atoms with E-state index in [0.29, 0.717) is 10.2 Å². The predicted molar refractivity (Wildman–Crippen MR) is 97.3 cm³/mol. The summed E-state index contributed by atoms with van der Waals surface area (Å²) in [5.74, 6) is -0.584. The molecule has 0 unspecified atom stereocenters. The van der Waals surface area contributed by atoms with E-state index in [2.05, 4.69) is 26.2 Å². The summed E-state index contributed by atoms with van der Waals surface area (Å²) in [5, 5.41) is 13.9. The third kappa shape index (κ3) is 3.71. The smallest absolute Gasteiger partial charge is 0.293 e. The maximum atomic E-state index is 12.4.